The van der Waals surface area contributed by atoms with Crippen molar-refractivity contribution in [3.05, 3.63) is 35.9 Å². The Bertz CT molecular complexity index is 475. The van der Waals surface area contributed by atoms with E-state index in [1.807, 2.05) is 18.2 Å². The van der Waals surface area contributed by atoms with Gasteiger partial charge in [-0.2, -0.15) is 0 Å². The standard InChI is InChI=1S/C19H28FNO3/c1-15(22)21-17(11-12-20)14-24-19-9-7-18(8-10-19)23-13-16-5-3-2-4-6-16/h2-6,17-19H,7-14H2,1H3,(H,21,22)/t17-,18-,19-/m0/s1. The Morgan fingerprint density at radius 1 is 1.17 bits per heavy atom. The predicted molar refractivity (Wildman–Crippen MR) is 91.4 cm³/mol. The summed E-state index contributed by atoms with van der Waals surface area (Å²) >= 11 is 0. The van der Waals surface area contributed by atoms with Crippen LogP contribution in [0.5, 0.6) is 0 Å². The number of hydrogen-bond donors (Lipinski definition) is 1. The van der Waals surface area contributed by atoms with Crippen molar-refractivity contribution < 1.29 is 18.7 Å². The molecule has 1 atom stereocenters. The molecule has 1 aliphatic rings. The molecule has 4 nitrogen and oxygen atoms in total. The Morgan fingerprint density at radius 3 is 2.38 bits per heavy atom. The number of ether oxygens (including phenoxy) is 2. The van der Waals surface area contributed by atoms with Crippen molar-refractivity contribution in [3.63, 3.8) is 0 Å². The molecule has 134 valence electrons. The molecule has 1 N–H and O–H groups in total. The van der Waals surface area contributed by atoms with Crippen molar-refractivity contribution in [3.8, 4) is 0 Å². The third-order valence-corrected chi connectivity index (χ3v) is 4.35. The van der Waals surface area contributed by atoms with E-state index < -0.39 is 6.67 Å². The summed E-state index contributed by atoms with van der Waals surface area (Å²) in [6.07, 6.45) is 4.61. The molecule has 0 heterocycles. The van der Waals surface area contributed by atoms with Crippen LogP contribution < -0.4 is 5.32 Å². The van der Waals surface area contributed by atoms with Gasteiger partial charge in [-0.05, 0) is 37.7 Å². The number of carbonyl (C=O) groups is 1. The second-order valence-electron chi connectivity index (χ2n) is 6.40. The molecule has 2 rings (SSSR count). The maximum atomic E-state index is 12.5. The fourth-order valence-corrected chi connectivity index (χ4v) is 3.02. The van der Waals surface area contributed by atoms with Crippen LogP contribution in [0.1, 0.15) is 44.6 Å². The Morgan fingerprint density at radius 2 is 1.79 bits per heavy atom. The topological polar surface area (TPSA) is 47.6 Å². The monoisotopic (exact) mass is 337 g/mol. The van der Waals surface area contributed by atoms with Gasteiger partial charge in [-0.1, -0.05) is 30.3 Å². The van der Waals surface area contributed by atoms with E-state index >= 15 is 0 Å². The second-order valence-corrected chi connectivity index (χ2v) is 6.40. The zero-order valence-electron chi connectivity index (χ0n) is 14.4. The summed E-state index contributed by atoms with van der Waals surface area (Å²) in [6.45, 7) is 2.02. The lowest BCUT2D eigenvalue weighted by atomic mass is 9.95. The molecule has 0 aliphatic heterocycles. The van der Waals surface area contributed by atoms with Crippen molar-refractivity contribution in [2.24, 2.45) is 0 Å². The van der Waals surface area contributed by atoms with Crippen LogP contribution in [0.15, 0.2) is 30.3 Å². The van der Waals surface area contributed by atoms with E-state index in [1.54, 1.807) is 0 Å². The highest BCUT2D eigenvalue weighted by atomic mass is 19.1. The molecule has 0 saturated heterocycles. The van der Waals surface area contributed by atoms with Gasteiger partial charge < -0.3 is 14.8 Å². The van der Waals surface area contributed by atoms with Crippen LogP contribution in [-0.2, 0) is 20.9 Å². The van der Waals surface area contributed by atoms with Gasteiger partial charge in [0.1, 0.15) is 0 Å². The van der Waals surface area contributed by atoms with E-state index in [4.69, 9.17) is 9.47 Å². The Hall–Kier alpha value is -1.46. The van der Waals surface area contributed by atoms with Gasteiger partial charge in [0.15, 0.2) is 0 Å². The molecule has 0 unspecified atom stereocenters. The first-order valence-corrected chi connectivity index (χ1v) is 8.77. The van der Waals surface area contributed by atoms with Gasteiger partial charge in [-0.25, -0.2) is 0 Å². The van der Waals surface area contributed by atoms with Crippen LogP contribution in [-0.4, -0.2) is 37.4 Å². The highest BCUT2D eigenvalue weighted by Crippen LogP contribution is 2.24. The fraction of sp³-hybridized carbons (Fsp3) is 0.632. The van der Waals surface area contributed by atoms with E-state index in [0.717, 1.165) is 25.7 Å². The molecular weight excluding hydrogens is 309 g/mol. The number of nitrogens with one attached hydrogen (secondary N) is 1. The molecule has 0 aromatic heterocycles. The lowest BCUT2D eigenvalue weighted by Crippen LogP contribution is -2.39. The molecule has 0 radical (unpaired) electrons. The largest absolute Gasteiger partial charge is 0.376 e. The summed E-state index contributed by atoms with van der Waals surface area (Å²) in [5, 5.41) is 2.74. The summed E-state index contributed by atoms with van der Waals surface area (Å²) in [5.74, 6) is -0.143. The molecule has 1 aromatic carbocycles. The number of carbonyl (C=O) groups excluding carboxylic acids is 1. The van der Waals surface area contributed by atoms with Gasteiger partial charge in [0.25, 0.3) is 0 Å². The number of rotatable bonds is 9. The fourth-order valence-electron chi connectivity index (χ4n) is 3.02. The number of amides is 1. The van der Waals surface area contributed by atoms with Gasteiger partial charge in [0.2, 0.25) is 5.91 Å². The molecule has 1 amide bonds. The second kappa shape index (κ2) is 10.4. The smallest absolute Gasteiger partial charge is 0.217 e. The van der Waals surface area contributed by atoms with Crippen molar-refractivity contribution in [1.82, 2.24) is 5.32 Å². The lowest BCUT2D eigenvalue weighted by molar-refractivity contribution is -0.120. The minimum atomic E-state index is -0.450. The number of alkyl halides is 1. The van der Waals surface area contributed by atoms with Crippen LogP contribution in [0.2, 0.25) is 0 Å². The maximum Gasteiger partial charge on any atom is 0.217 e. The summed E-state index contributed by atoms with van der Waals surface area (Å²) in [4.78, 5) is 11.1. The van der Waals surface area contributed by atoms with E-state index in [9.17, 15) is 9.18 Å². The molecule has 1 saturated carbocycles. The Labute approximate surface area is 143 Å². The molecule has 5 heteroatoms. The van der Waals surface area contributed by atoms with Crippen molar-refractivity contribution in [2.75, 3.05) is 13.3 Å². The van der Waals surface area contributed by atoms with Crippen molar-refractivity contribution >= 4 is 5.91 Å². The van der Waals surface area contributed by atoms with Gasteiger partial charge in [0, 0.05) is 6.92 Å². The van der Waals surface area contributed by atoms with Gasteiger partial charge in [-0.3, -0.25) is 9.18 Å². The quantitative estimate of drug-likeness (QED) is 0.751. The van der Waals surface area contributed by atoms with Gasteiger partial charge >= 0.3 is 0 Å². The third kappa shape index (κ3) is 6.97. The SMILES string of the molecule is CC(=O)N[C@@H](CCF)CO[C@H]1CC[C@H](OCc2ccccc2)CC1. The lowest BCUT2D eigenvalue weighted by Gasteiger charge is -2.30. The average Bonchev–Trinajstić information content (AvgIpc) is 2.59. The van der Waals surface area contributed by atoms with Gasteiger partial charge in [-0.15, -0.1) is 0 Å². The average molecular weight is 337 g/mol. The number of benzene rings is 1. The minimum Gasteiger partial charge on any atom is -0.376 e. The van der Waals surface area contributed by atoms with E-state index in [0.29, 0.717) is 19.6 Å². The van der Waals surface area contributed by atoms with E-state index in [2.05, 4.69) is 17.4 Å². The third-order valence-electron chi connectivity index (χ3n) is 4.35. The molecule has 0 spiro atoms. The van der Waals surface area contributed by atoms with E-state index in [1.165, 1.54) is 12.5 Å². The zero-order valence-corrected chi connectivity index (χ0v) is 14.4. The predicted octanol–water partition coefficient (Wildman–Crippen LogP) is 3.40. The van der Waals surface area contributed by atoms with Crippen LogP contribution in [0.4, 0.5) is 4.39 Å². The summed E-state index contributed by atoms with van der Waals surface area (Å²) in [6, 6.07) is 9.95. The minimum absolute atomic E-state index is 0.143. The van der Waals surface area contributed by atoms with Crippen molar-refractivity contribution in [2.45, 2.75) is 63.9 Å². The maximum absolute atomic E-state index is 12.5. The first-order valence-electron chi connectivity index (χ1n) is 8.77. The van der Waals surface area contributed by atoms with E-state index in [-0.39, 0.29) is 24.2 Å². The Kier molecular flexibility index (Phi) is 8.19. The normalized spacial score (nSPS) is 22.1. The van der Waals surface area contributed by atoms with Crippen LogP contribution in [0, 0.1) is 0 Å². The van der Waals surface area contributed by atoms with Crippen LogP contribution in [0.25, 0.3) is 0 Å². The van der Waals surface area contributed by atoms with Crippen LogP contribution in [0.3, 0.4) is 0 Å². The number of halogens is 1. The molecular formula is C19H28FNO3. The summed E-state index contributed by atoms with van der Waals surface area (Å²) in [5.41, 5.74) is 1.19. The molecule has 1 aromatic rings. The Balaban J connectivity index is 1.64. The number of hydrogen-bond acceptors (Lipinski definition) is 3. The van der Waals surface area contributed by atoms with Crippen molar-refractivity contribution in [1.29, 1.82) is 0 Å². The molecule has 1 fully saturated rings. The highest BCUT2D eigenvalue weighted by Gasteiger charge is 2.23. The first-order chi connectivity index (χ1) is 11.7. The highest BCUT2D eigenvalue weighted by molar-refractivity contribution is 5.73. The molecule has 0 bridgehead atoms. The first kappa shape index (κ1) is 18.9. The summed E-state index contributed by atoms with van der Waals surface area (Å²) in [7, 11) is 0. The molecule has 24 heavy (non-hydrogen) atoms. The van der Waals surface area contributed by atoms with Gasteiger partial charge in [0.05, 0.1) is 38.1 Å². The van der Waals surface area contributed by atoms with Crippen LogP contribution >= 0.6 is 0 Å². The molecule has 1 aliphatic carbocycles. The zero-order chi connectivity index (χ0) is 17.2. The summed E-state index contributed by atoms with van der Waals surface area (Å²) < 4.78 is 24.4.